The Morgan fingerprint density at radius 1 is 0.968 bits per heavy atom. The van der Waals surface area contributed by atoms with Crippen LogP contribution in [0.2, 0.25) is 0 Å². The maximum absolute atomic E-state index is 12.5. The Hall–Kier alpha value is -4.06. The molecule has 2 aromatic carbocycles. The molecule has 0 unspecified atom stereocenters. The van der Waals surface area contributed by atoms with Crippen molar-refractivity contribution in [3.05, 3.63) is 89.9 Å². The Labute approximate surface area is 180 Å². The summed E-state index contributed by atoms with van der Waals surface area (Å²) in [5, 5.41) is 7.29. The molecule has 0 saturated carbocycles. The number of rotatable bonds is 6. The van der Waals surface area contributed by atoms with Crippen LogP contribution in [0, 0.1) is 6.92 Å². The van der Waals surface area contributed by atoms with E-state index in [1.165, 1.54) is 13.1 Å². The van der Waals surface area contributed by atoms with Crippen LogP contribution < -0.4 is 10.6 Å². The number of para-hydroxylation sites is 1. The number of Topliss-reactive ketones (excluding diaryl/α,β-unsaturated/α-hetero) is 1. The van der Waals surface area contributed by atoms with Crippen LogP contribution in [-0.2, 0) is 11.2 Å². The number of pyridine rings is 2. The summed E-state index contributed by atoms with van der Waals surface area (Å²) >= 11 is 0. The minimum Gasteiger partial charge on any atom is -0.355 e. The van der Waals surface area contributed by atoms with Crippen LogP contribution >= 0.6 is 0 Å². The van der Waals surface area contributed by atoms with Crippen molar-refractivity contribution in [1.29, 1.82) is 0 Å². The quantitative estimate of drug-likeness (QED) is 0.434. The first-order valence-electron chi connectivity index (χ1n) is 9.97. The van der Waals surface area contributed by atoms with E-state index in [1.54, 1.807) is 12.3 Å². The van der Waals surface area contributed by atoms with Crippen molar-refractivity contribution in [3.8, 4) is 0 Å². The molecule has 154 valence electrons. The third-order valence-corrected chi connectivity index (χ3v) is 4.92. The summed E-state index contributed by atoms with van der Waals surface area (Å²) in [6.07, 6.45) is 3.22. The van der Waals surface area contributed by atoms with Gasteiger partial charge in [0.1, 0.15) is 0 Å². The minimum atomic E-state index is -0.190. The van der Waals surface area contributed by atoms with Crippen LogP contribution in [0.25, 0.3) is 10.9 Å². The van der Waals surface area contributed by atoms with Gasteiger partial charge in [0.2, 0.25) is 5.91 Å². The molecule has 2 N–H and O–H groups in total. The molecule has 0 fully saturated rings. The number of hydrogen-bond donors (Lipinski definition) is 2. The summed E-state index contributed by atoms with van der Waals surface area (Å²) < 4.78 is 0. The molecule has 31 heavy (non-hydrogen) atoms. The Bertz CT molecular complexity index is 1270. The summed E-state index contributed by atoms with van der Waals surface area (Å²) in [6.45, 7) is 3.42. The first-order chi connectivity index (χ1) is 15.0. The van der Waals surface area contributed by atoms with Crippen molar-refractivity contribution in [1.82, 2.24) is 9.97 Å². The number of amides is 1. The smallest absolute Gasteiger partial charge is 0.228 e. The number of anilines is 3. The number of benzene rings is 2. The number of carbonyl (C=O) groups is 2. The Balaban J connectivity index is 1.46. The number of aryl methyl sites for hydroxylation is 1. The fourth-order valence-electron chi connectivity index (χ4n) is 3.44. The number of fused-ring (bicyclic) bond motifs is 1. The van der Waals surface area contributed by atoms with E-state index in [0.29, 0.717) is 11.3 Å². The molecule has 0 radical (unpaired) electrons. The zero-order valence-electron chi connectivity index (χ0n) is 17.3. The monoisotopic (exact) mass is 410 g/mol. The van der Waals surface area contributed by atoms with E-state index in [9.17, 15) is 9.59 Å². The molecule has 0 aliphatic rings. The van der Waals surface area contributed by atoms with Crippen molar-refractivity contribution in [2.24, 2.45) is 0 Å². The molecule has 0 spiro atoms. The summed E-state index contributed by atoms with van der Waals surface area (Å²) in [4.78, 5) is 32.7. The van der Waals surface area contributed by atoms with Crippen LogP contribution in [-0.4, -0.2) is 21.7 Å². The van der Waals surface area contributed by atoms with Crippen LogP contribution in [0.15, 0.2) is 73.1 Å². The van der Waals surface area contributed by atoms with Gasteiger partial charge in [0.05, 0.1) is 23.2 Å². The molecule has 4 aromatic rings. The average molecular weight is 410 g/mol. The molecule has 2 heterocycles. The third kappa shape index (κ3) is 4.75. The van der Waals surface area contributed by atoms with E-state index in [1.807, 2.05) is 61.5 Å². The van der Waals surface area contributed by atoms with Gasteiger partial charge in [0.15, 0.2) is 5.78 Å². The molecule has 0 atom stereocenters. The molecule has 2 aromatic heterocycles. The molecule has 0 aliphatic heterocycles. The second kappa shape index (κ2) is 8.75. The lowest BCUT2D eigenvalue weighted by Crippen LogP contribution is -2.16. The van der Waals surface area contributed by atoms with Gasteiger partial charge in [-0.15, -0.1) is 0 Å². The second-order valence-electron chi connectivity index (χ2n) is 7.35. The first-order valence-corrected chi connectivity index (χ1v) is 9.97. The first kappa shape index (κ1) is 20.2. The lowest BCUT2D eigenvalue weighted by atomic mass is 10.1. The van der Waals surface area contributed by atoms with Gasteiger partial charge < -0.3 is 10.6 Å². The second-order valence-corrected chi connectivity index (χ2v) is 7.35. The topological polar surface area (TPSA) is 84.0 Å². The summed E-state index contributed by atoms with van der Waals surface area (Å²) in [6, 6.07) is 19.4. The number of ketones is 1. The zero-order valence-corrected chi connectivity index (χ0v) is 17.3. The maximum Gasteiger partial charge on any atom is 0.228 e. The van der Waals surface area contributed by atoms with Gasteiger partial charge in [0.25, 0.3) is 0 Å². The fraction of sp³-hybridized carbons (Fsp3) is 0.120. The molecule has 0 bridgehead atoms. The maximum atomic E-state index is 12.5. The highest BCUT2D eigenvalue weighted by Gasteiger charge is 2.11. The number of aromatic nitrogens is 2. The molecular formula is C25H22N4O2. The predicted molar refractivity (Wildman–Crippen MR) is 123 cm³/mol. The highest BCUT2D eigenvalue weighted by molar-refractivity contribution is 6.03. The van der Waals surface area contributed by atoms with Crippen LogP contribution in [0.4, 0.5) is 17.1 Å². The summed E-state index contributed by atoms with van der Waals surface area (Å²) in [5.41, 5.74) is 5.55. The number of carbonyl (C=O) groups excluding carboxylic acids is 2. The third-order valence-electron chi connectivity index (χ3n) is 4.92. The highest BCUT2D eigenvalue weighted by atomic mass is 16.1. The van der Waals surface area contributed by atoms with Gasteiger partial charge in [-0.25, -0.2) is 0 Å². The van der Waals surface area contributed by atoms with Gasteiger partial charge in [-0.2, -0.15) is 0 Å². The fourth-order valence-corrected chi connectivity index (χ4v) is 3.44. The number of nitrogens with zero attached hydrogens (tertiary/aromatic N) is 2. The van der Waals surface area contributed by atoms with Crippen LogP contribution in [0.5, 0.6) is 0 Å². The van der Waals surface area contributed by atoms with Gasteiger partial charge in [0, 0.05) is 34.8 Å². The summed E-state index contributed by atoms with van der Waals surface area (Å²) in [5.74, 6) is -0.331. The van der Waals surface area contributed by atoms with Gasteiger partial charge in [-0.05, 0) is 49.7 Å². The highest BCUT2D eigenvalue weighted by Crippen LogP contribution is 2.26. The van der Waals surface area contributed by atoms with Crippen molar-refractivity contribution in [2.45, 2.75) is 20.3 Å². The summed E-state index contributed by atoms with van der Waals surface area (Å²) in [7, 11) is 0. The Kier molecular flexibility index (Phi) is 5.71. The average Bonchev–Trinajstić information content (AvgIpc) is 2.75. The van der Waals surface area contributed by atoms with E-state index >= 15 is 0 Å². The Morgan fingerprint density at radius 2 is 1.74 bits per heavy atom. The molecule has 4 rings (SSSR count). The normalized spacial score (nSPS) is 10.6. The van der Waals surface area contributed by atoms with Crippen LogP contribution in [0.1, 0.15) is 28.5 Å². The van der Waals surface area contributed by atoms with Gasteiger partial charge >= 0.3 is 0 Å². The Morgan fingerprint density at radius 3 is 2.52 bits per heavy atom. The molecule has 6 heteroatoms. The molecule has 0 aliphatic carbocycles. The lowest BCUT2D eigenvalue weighted by Gasteiger charge is -2.12. The SMILES string of the molecule is CC(=O)c1cnccc1NC(=O)Cc1ccc(Nc2cc(C)nc3ccccc23)cc1. The largest absolute Gasteiger partial charge is 0.355 e. The molecular weight excluding hydrogens is 388 g/mol. The van der Waals surface area contributed by atoms with E-state index in [-0.39, 0.29) is 18.1 Å². The van der Waals surface area contributed by atoms with E-state index in [4.69, 9.17) is 0 Å². The zero-order chi connectivity index (χ0) is 21.8. The molecule has 6 nitrogen and oxygen atoms in total. The van der Waals surface area contributed by atoms with E-state index in [0.717, 1.165) is 33.5 Å². The van der Waals surface area contributed by atoms with Crippen molar-refractivity contribution in [3.63, 3.8) is 0 Å². The van der Waals surface area contributed by atoms with Crippen LogP contribution in [0.3, 0.4) is 0 Å². The van der Waals surface area contributed by atoms with E-state index < -0.39 is 0 Å². The standard InChI is InChI=1S/C25H22N4O2/c1-16-13-24(20-5-3-4-6-22(20)27-16)28-19-9-7-18(8-10-19)14-25(31)29-23-11-12-26-15-21(23)17(2)30/h3-13,15H,14H2,1-2H3,(H,27,28)(H,26,29,31). The van der Waals surface area contributed by atoms with Gasteiger partial charge in [-0.3, -0.25) is 19.6 Å². The molecule has 0 saturated heterocycles. The number of hydrogen-bond acceptors (Lipinski definition) is 5. The number of nitrogens with one attached hydrogen (secondary N) is 2. The van der Waals surface area contributed by atoms with Gasteiger partial charge in [-0.1, -0.05) is 30.3 Å². The van der Waals surface area contributed by atoms with Crippen molar-refractivity contribution < 1.29 is 9.59 Å². The predicted octanol–water partition coefficient (Wildman–Crippen LogP) is 5.07. The van der Waals surface area contributed by atoms with Crippen molar-refractivity contribution >= 4 is 39.7 Å². The lowest BCUT2D eigenvalue weighted by molar-refractivity contribution is -0.115. The minimum absolute atomic E-state index is 0.141. The van der Waals surface area contributed by atoms with Crippen molar-refractivity contribution in [2.75, 3.05) is 10.6 Å². The molecule has 1 amide bonds. The van der Waals surface area contributed by atoms with E-state index in [2.05, 4.69) is 20.6 Å².